The summed E-state index contributed by atoms with van der Waals surface area (Å²) in [4.78, 5) is 25.0. The highest BCUT2D eigenvalue weighted by Gasteiger charge is 2.35. The number of para-hydroxylation sites is 1. The molecule has 0 radical (unpaired) electrons. The molecule has 8 heteroatoms. The smallest absolute Gasteiger partial charge is 0.338 e. The zero-order chi connectivity index (χ0) is 20.1. The van der Waals surface area contributed by atoms with Crippen LogP contribution in [0.2, 0.25) is 0 Å². The molecular weight excluding hydrogens is 364 g/mol. The summed E-state index contributed by atoms with van der Waals surface area (Å²) in [5.74, 6) is 0.504. The zero-order valence-corrected chi connectivity index (χ0v) is 16.4. The van der Waals surface area contributed by atoms with E-state index in [2.05, 4.69) is 10.6 Å². The molecule has 0 bridgehead atoms. The first-order chi connectivity index (χ1) is 13.5. The molecule has 1 saturated heterocycles. The van der Waals surface area contributed by atoms with E-state index in [1.165, 1.54) is 0 Å². The number of carbonyl (C=O) groups is 2. The van der Waals surface area contributed by atoms with Crippen molar-refractivity contribution in [1.82, 2.24) is 10.6 Å². The SMILES string of the molecule is CCOc1c(OC)cccc1[C@@H]1NC(=O)NC(C)=C1C(=O)OC[C@H]1CCCO1. The molecule has 1 aromatic carbocycles. The molecule has 1 aromatic rings. The van der Waals surface area contributed by atoms with Crippen molar-refractivity contribution in [2.75, 3.05) is 26.9 Å². The van der Waals surface area contributed by atoms with Gasteiger partial charge in [-0.25, -0.2) is 9.59 Å². The minimum absolute atomic E-state index is 0.0785. The molecule has 2 N–H and O–H groups in total. The van der Waals surface area contributed by atoms with E-state index in [-0.39, 0.29) is 12.7 Å². The Hall–Kier alpha value is -2.74. The van der Waals surface area contributed by atoms with E-state index in [0.29, 0.717) is 41.5 Å². The van der Waals surface area contributed by atoms with Crippen molar-refractivity contribution < 1.29 is 28.5 Å². The van der Waals surface area contributed by atoms with Gasteiger partial charge in [-0.05, 0) is 32.8 Å². The molecule has 2 aliphatic heterocycles. The van der Waals surface area contributed by atoms with Crippen LogP contribution in [0.15, 0.2) is 29.5 Å². The maximum absolute atomic E-state index is 12.9. The second kappa shape index (κ2) is 8.97. The molecule has 0 aromatic heterocycles. The summed E-state index contributed by atoms with van der Waals surface area (Å²) in [6, 6.07) is 4.23. The molecule has 2 atom stereocenters. The number of benzene rings is 1. The summed E-state index contributed by atoms with van der Waals surface area (Å²) >= 11 is 0. The van der Waals surface area contributed by atoms with Crippen LogP contribution >= 0.6 is 0 Å². The van der Waals surface area contributed by atoms with Crippen LogP contribution in [0.3, 0.4) is 0 Å². The molecular formula is C20H26N2O6. The predicted molar refractivity (Wildman–Crippen MR) is 101 cm³/mol. The summed E-state index contributed by atoms with van der Waals surface area (Å²) in [5.41, 5.74) is 1.39. The Labute approximate surface area is 164 Å². The summed E-state index contributed by atoms with van der Waals surface area (Å²) in [6.07, 6.45) is 1.75. The van der Waals surface area contributed by atoms with Crippen LogP contribution in [0.1, 0.15) is 38.3 Å². The fraction of sp³-hybridized carbons (Fsp3) is 0.500. The van der Waals surface area contributed by atoms with Crippen molar-refractivity contribution in [2.45, 2.75) is 38.8 Å². The molecule has 2 heterocycles. The topological polar surface area (TPSA) is 95.1 Å². The van der Waals surface area contributed by atoms with Crippen molar-refractivity contribution in [1.29, 1.82) is 0 Å². The van der Waals surface area contributed by atoms with Gasteiger partial charge in [0.05, 0.1) is 31.4 Å². The van der Waals surface area contributed by atoms with Crippen LogP contribution in [-0.2, 0) is 14.3 Å². The van der Waals surface area contributed by atoms with E-state index in [9.17, 15) is 9.59 Å². The molecule has 1 fully saturated rings. The number of ether oxygens (including phenoxy) is 4. The van der Waals surface area contributed by atoms with Gasteiger partial charge in [0.1, 0.15) is 6.61 Å². The van der Waals surface area contributed by atoms with E-state index >= 15 is 0 Å². The zero-order valence-electron chi connectivity index (χ0n) is 16.4. The third-order valence-electron chi connectivity index (χ3n) is 4.74. The quantitative estimate of drug-likeness (QED) is 0.695. The van der Waals surface area contributed by atoms with Gasteiger partial charge in [0.2, 0.25) is 0 Å². The molecule has 0 saturated carbocycles. The van der Waals surface area contributed by atoms with Crippen LogP contribution < -0.4 is 20.1 Å². The number of allylic oxidation sites excluding steroid dienone is 1. The molecule has 3 rings (SSSR count). The number of urea groups is 1. The van der Waals surface area contributed by atoms with Crippen LogP contribution in [0, 0.1) is 0 Å². The Morgan fingerprint density at radius 1 is 1.36 bits per heavy atom. The van der Waals surface area contributed by atoms with Gasteiger partial charge in [0.25, 0.3) is 0 Å². The highest BCUT2D eigenvalue weighted by atomic mass is 16.6. The fourth-order valence-corrected chi connectivity index (χ4v) is 3.44. The Balaban J connectivity index is 1.92. The van der Waals surface area contributed by atoms with Gasteiger partial charge in [-0.2, -0.15) is 0 Å². The summed E-state index contributed by atoms with van der Waals surface area (Å²) in [5, 5.41) is 5.44. The van der Waals surface area contributed by atoms with Gasteiger partial charge in [-0.15, -0.1) is 0 Å². The number of nitrogens with one attached hydrogen (secondary N) is 2. The maximum atomic E-state index is 12.9. The summed E-state index contributed by atoms with van der Waals surface area (Å²) < 4.78 is 22.2. The second-order valence-electron chi connectivity index (χ2n) is 6.62. The molecule has 2 amide bonds. The second-order valence-corrected chi connectivity index (χ2v) is 6.62. The van der Waals surface area contributed by atoms with Crippen molar-refractivity contribution in [3.8, 4) is 11.5 Å². The standard InChI is InChI=1S/C20H26N2O6/c1-4-26-18-14(8-5-9-15(18)25-3)17-16(12(2)21-20(24)22-17)19(23)28-11-13-7-6-10-27-13/h5,8-9,13,17H,4,6-7,10-11H2,1-3H3,(H2,21,22,24)/t13-,17+/m1/s1. The van der Waals surface area contributed by atoms with Crippen LogP contribution in [0.5, 0.6) is 11.5 Å². The number of hydrogen-bond donors (Lipinski definition) is 2. The number of carbonyl (C=O) groups excluding carboxylic acids is 2. The number of methoxy groups -OCH3 is 1. The summed E-state index contributed by atoms with van der Waals surface area (Å²) in [6.45, 7) is 4.82. The number of amides is 2. The van der Waals surface area contributed by atoms with E-state index in [0.717, 1.165) is 12.8 Å². The highest BCUT2D eigenvalue weighted by Crippen LogP contribution is 2.39. The fourth-order valence-electron chi connectivity index (χ4n) is 3.44. The molecule has 8 nitrogen and oxygen atoms in total. The third-order valence-corrected chi connectivity index (χ3v) is 4.74. The molecule has 152 valence electrons. The first-order valence-electron chi connectivity index (χ1n) is 9.41. The Morgan fingerprint density at radius 2 is 2.18 bits per heavy atom. The van der Waals surface area contributed by atoms with E-state index in [4.69, 9.17) is 18.9 Å². The largest absolute Gasteiger partial charge is 0.493 e. The van der Waals surface area contributed by atoms with E-state index in [1.54, 1.807) is 32.2 Å². The Morgan fingerprint density at radius 3 is 2.86 bits per heavy atom. The Kier molecular flexibility index (Phi) is 6.41. The van der Waals surface area contributed by atoms with Crippen LogP contribution in [0.25, 0.3) is 0 Å². The van der Waals surface area contributed by atoms with E-state index < -0.39 is 18.0 Å². The maximum Gasteiger partial charge on any atom is 0.338 e. The van der Waals surface area contributed by atoms with Gasteiger partial charge in [-0.1, -0.05) is 12.1 Å². The highest BCUT2D eigenvalue weighted by molar-refractivity contribution is 5.95. The lowest BCUT2D eigenvalue weighted by atomic mass is 9.94. The van der Waals surface area contributed by atoms with Crippen molar-refractivity contribution in [3.63, 3.8) is 0 Å². The first-order valence-corrected chi connectivity index (χ1v) is 9.41. The van der Waals surface area contributed by atoms with E-state index in [1.807, 2.05) is 6.92 Å². The lowest BCUT2D eigenvalue weighted by Gasteiger charge is -2.29. The number of esters is 1. The third kappa shape index (κ3) is 4.22. The number of hydrogen-bond acceptors (Lipinski definition) is 6. The van der Waals surface area contributed by atoms with Crippen molar-refractivity contribution in [2.24, 2.45) is 0 Å². The lowest BCUT2D eigenvalue weighted by Crippen LogP contribution is -2.45. The normalized spacial score (nSPS) is 21.8. The summed E-state index contributed by atoms with van der Waals surface area (Å²) in [7, 11) is 1.54. The van der Waals surface area contributed by atoms with Crippen LogP contribution in [0.4, 0.5) is 4.79 Å². The Bertz CT molecular complexity index is 770. The molecule has 0 aliphatic carbocycles. The molecule has 0 unspecified atom stereocenters. The monoisotopic (exact) mass is 390 g/mol. The molecule has 28 heavy (non-hydrogen) atoms. The average Bonchev–Trinajstić information content (AvgIpc) is 3.19. The molecule has 0 spiro atoms. The van der Waals surface area contributed by atoms with Crippen molar-refractivity contribution in [3.05, 3.63) is 35.0 Å². The lowest BCUT2D eigenvalue weighted by molar-refractivity contribution is -0.142. The molecule has 2 aliphatic rings. The minimum Gasteiger partial charge on any atom is -0.493 e. The van der Waals surface area contributed by atoms with Gasteiger partial charge in [0, 0.05) is 17.9 Å². The van der Waals surface area contributed by atoms with Gasteiger partial charge in [0.15, 0.2) is 11.5 Å². The van der Waals surface area contributed by atoms with Crippen molar-refractivity contribution >= 4 is 12.0 Å². The minimum atomic E-state index is -0.720. The van der Waals surface area contributed by atoms with Gasteiger partial charge in [-0.3, -0.25) is 0 Å². The number of rotatable bonds is 7. The average molecular weight is 390 g/mol. The van der Waals surface area contributed by atoms with Gasteiger partial charge < -0.3 is 29.6 Å². The van der Waals surface area contributed by atoms with Gasteiger partial charge >= 0.3 is 12.0 Å². The van der Waals surface area contributed by atoms with Crippen LogP contribution in [-0.4, -0.2) is 45.0 Å². The predicted octanol–water partition coefficient (Wildman–Crippen LogP) is 2.44. The first kappa shape index (κ1) is 20.0.